The molecule has 0 heterocycles. The van der Waals surface area contributed by atoms with Crippen LogP contribution in [0.5, 0.6) is 0 Å². The monoisotopic (exact) mass is 275 g/mol. The van der Waals surface area contributed by atoms with E-state index in [0.29, 0.717) is 0 Å². The Kier molecular flexibility index (Phi) is 5.60. The largest absolute Gasteiger partial charge is 0.311 e. The molecule has 0 fully saturated rings. The number of nitrogens with zero attached hydrogens (tertiary/aromatic N) is 1. The van der Waals surface area contributed by atoms with Crippen molar-refractivity contribution in [3.8, 4) is 0 Å². The fourth-order valence-electron chi connectivity index (χ4n) is 2.18. The summed E-state index contributed by atoms with van der Waals surface area (Å²) in [7, 11) is 0. The summed E-state index contributed by atoms with van der Waals surface area (Å²) in [6, 6.07) is 31.3. The molecule has 1 nitrogen and oxygen atoms in total. The zero-order valence-electron chi connectivity index (χ0n) is 12.6. The first kappa shape index (κ1) is 14.9. The Bertz CT molecular complexity index is 524. The third-order valence-corrected chi connectivity index (χ3v) is 3.04. The second-order valence-corrected chi connectivity index (χ2v) is 4.34. The van der Waals surface area contributed by atoms with Crippen molar-refractivity contribution in [3.63, 3.8) is 0 Å². The molecule has 0 aliphatic carbocycles. The van der Waals surface area contributed by atoms with Crippen LogP contribution in [0.2, 0.25) is 0 Å². The second kappa shape index (κ2) is 7.91. The molecule has 0 saturated heterocycles. The van der Waals surface area contributed by atoms with Gasteiger partial charge in [0.1, 0.15) is 0 Å². The van der Waals surface area contributed by atoms with Crippen molar-refractivity contribution >= 4 is 17.1 Å². The Hall–Kier alpha value is -2.54. The first-order valence-corrected chi connectivity index (χ1v) is 7.40. The molecule has 0 saturated carbocycles. The maximum atomic E-state index is 2.25. The van der Waals surface area contributed by atoms with Crippen LogP contribution in [-0.2, 0) is 0 Å². The maximum absolute atomic E-state index is 2.25. The van der Waals surface area contributed by atoms with Gasteiger partial charge < -0.3 is 4.90 Å². The average molecular weight is 275 g/mol. The Labute approximate surface area is 127 Å². The number of anilines is 3. The summed E-state index contributed by atoms with van der Waals surface area (Å²) in [5.74, 6) is 0. The molecule has 3 rings (SSSR count). The lowest BCUT2D eigenvalue weighted by atomic mass is 10.2. The van der Waals surface area contributed by atoms with Crippen LogP contribution in [0, 0.1) is 0 Å². The fraction of sp³-hybridized carbons (Fsp3) is 0.100. The van der Waals surface area contributed by atoms with Crippen LogP contribution in [0.3, 0.4) is 0 Å². The molecule has 3 aromatic rings. The normalized spacial score (nSPS) is 9.43. The van der Waals surface area contributed by atoms with Crippen LogP contribution in [0.25, 0.3) is 0 Å². The molecule has 0 radical (unpaired) electrons. The molecular weight excluding hydrogens is 254 g/mol. The molecule has 0 aromatic heterocycles. The van der Waals surface area contributed by atoms with Gasteiger partial charge in [-0.3, -0.25) is 0 Å². The lowest BCUT2D eigenvalue weighted by Crippen LogP contribution is -2.09. The van der Waals surface area contributed by atoms with E-state index in [1.807, 2.05) is 32.0 Å². The molecule has 0 aliphatic heterocycles. The number of hydrogen-bond donors (Lipinski definition) is 0. The Morgan fingerprint density at radius 3 is 0.905 bits per heavy atom. The minimum absolute atomic E-state index is 1.17. The van der Waals surface area contributed by atoms with Crippen molar-refractivity contribution in [2.75, 3.05) is 4.90 Å². The van der Waals surface area contributed by atoms with Crippen LogP contribution in [-0.4, -0.2) is 0 Å². The number of para-hydroxylation sites is 3. The molecule has 21 heavy (non-hydrogen) atoms. The average Bonchev–Trinajstić information content (AvgIpc) is 2.60. The van der Waals surface area contributed by atoms with Gasteiger partial charge in [0, 0.05) is 17.1 Å². The van der Waals surface area contributed by atoms with Gasteiger partial charge in [0.15, 0.2) is 0 Å². The van der Waals surface area contributed by atoms with E-state index in [1.54, 1.807) is 0 Å². The lowest BCUT2D eigenvalue weighted by Gasteiger charge is -2.25. The van der Waals surface area contributed by atoms with Crippen LogP contribution in [0.15, 0.2) is 91.0 Å². The lowest BCUT2D eigenvalue weighted by molar-refractivity contribution is 1.28. The SMILES string of the molecule is CC.c1ccc(N(c2ccccc2)c2ccccc2)cc1. The highest BCUT2D eigenvalue weighted by Gasteiger charge is 2.10. The van der Waals surface area contributed by atoms with Gasteiger partial charge >= 0.3 is 0 Å². The first-order chi connectivity index (χ1) is 10.4. The standard InChI is InChI=1S/C18H15N.C2H6/c1-4-10-16(11-5-1)19(17-12-6-2-7-13-17)18-14-8-3-9-15-18;1-2/h1-15H;1-2H3. The van der Waals surface area contributed by atoms with E-state index in [-0.39, 0.29) is 0 Å². The molecule has 0 aliphatic rings. The number of rotatable bonds is 3. The van der Waals surface area contributed by atoms with Crippen LogP contribution < -0.4 is 4.90 Å². The summed E-state index contributed by atoms with van der Waals surface area (Å²) in [5, 5.41) is 0. The molecular formula is C20H21N. The first-order valence-electron chi connectivity index (χ1n) is 7.40. The summed E-state index contributed by atoms with van der Waals surface area (Å²) in [4.78, 5) is 2.25. The van der Waals surface area contributed by atoms with E-state index in [9.17, 15) is 0 Å². The van der Waals surface area contributed by atoms with Crippen molar-refractivity contribution in [2.24, 2.45) is 0 Å². The number of benzene rings is 3. The summed E-state index contributed by atoms with van der Waals surface area (Å²) in [6.45, 7) is 4.00. The second-order valence-electron chi connectivity index (χ2n) is 4.34. The van der Waals surface area contributed by atoms with Gasteiger partial charge in [-0.2, -0.15) is 0 Å². The molecule has 106 valence electrons. The smallest absolute Gasteiger partial charge is 0.0461 e. The van der Waals surface area contributed by atoms with Gasteiger partial charge in [-0.15, -0.1) is 0 Å². The minimum atomic E-state index is 1.17. The molecule has 0 amide bonds. The molecule has 1 heteroatoms. The summed E-state index contributed by atoms with van der Waals surface area (Å²) >= 11 is 0. The molecule has 0 spiro atoms. The van der Waals surface area contributed by atoms with Gasteiger partial charge in [-0.05, 0) is 36.4 Å². The molecule has 0 atom stereocenters. The van der Waals surface area contributed by atoms with Crippen LogP contribution in [0.4, 0.5) is 17.1 Å². The fourth-order valence-corrected chi connectivity index (χ4v) is 2.18. The highest BCUT2D eigenvalue weighted by molar-refractivity contribution is 5.76. The van der Waals surface area contributed by atoms with Crippen molar-refractivity contribution in [3.05, 3.63) is 91.0 Å². The Morgan fingerprint density at radius 2 is 0.667 bits per heavy atom. The van der Waals surface area contributed by atoms with Crippen molar-refractivity contribution < 1.29 is 0 Å². The summed E-state index contributed by atoms with van der Waals surface area (Å²) in [5.41, 5.74) is 3.50. The third-order valence-electron chi connectivity index (χ3n) is 3.04. The van der Waals surface area contributed by atoms with E-state index in [4.69, 9.17) is 0 Å². The Morgan fingerprint density at radius 1 is 0.429 bits per heavy atom. The van der Waals surface area contributed by atoms with Gasteiger partial charge in [-0.1, -0.05) is 68.4 Å². The quantitative estimate of drug-likeness (QED) is 0.551. The highest BCUT2D eigenvalue weighted by atomic mass is 15.1. The van der Waals surface area contributed by atoms with Crippen LogP contribution >= 0.6 is 0 Å². The zero-order valence-corrected chi connectivity index (χ0v) is 12.6. The predicted molar refractivity (Wildman–Crippen MR) is 92.5 cm³/mol. The van der Waals surface area contributed by atoms with Gasteiger partial charge in [0.25, 0.3) is 0 Å². The van der Waals surface area contributed by atoms with Crippen molar-refractivity contribution in [2.45, 2.75) is 13.8 Å². The Balaban J connectivity index is 0.000000774. The summed E-state index contributed by atoms with van der Waals surface area (Å²) in [6.07, 6.45) is 0. The van der Waals surface area contributed by atoms with E-state index in [2.05, 4.69) is 77.7 Å². The van der Waals surface area contributed by atoms with Crippen LogP contribution in [0.1, 0.15) is 13.8 Å². The van der Waals surface area contributed by atoms with Gasteiger partial charge in [-0.25, -0.2) is 0 Å². The predicted octanol–water partition coefficient (Wildman–Crippen LogP) is 6.18. The van der Waals surface area contributed by atoms with Gasteiger partial charge in [0.05, 0.1) is 0 Å². The van der Waals surface area contributed by atoms with Crippen molar-refractivity contribution in [1.29, 1.82) is 0 Å². The number of hydrogen-bond acceptors (Lipinski definition) is 1. The minimum Gasteiger partial charge on any atom is -0.311 e. The zero-order chi connectivity index (χ0) is 14.9. The topological polar surface area (TPSA) is 3.24 Å². The molecule has 3 aromatic carbocycles. The molecule has 0 N–H and O–H groups in total. The molecule has 0 bridgehead atoms. The van der Waals surface area contributed by atoms with E-state index < -0.39 is 0 Å². The third kappa shape index (κ3) is 3.73. The highest BCUT2D eigenvalue weighted by Crippen LogP contribution is 2.33. The van der Waals surface area contributed by atoms with E-state index in [1.165, 1.54) is 17.1 Å². The van der Waals surface area contributed by atoms with Crippen molar-refractivity contribution in [1.82, 2.24) is 0 Å². The maximum Gasteiger partial charge on any atom is 0.0461 e. The summed E-state index contributed by atoms with van der Waals surface area (Å²) < 4.78 is 0. The van der Waals surface area contributed by atoms with E-state index >= 15 is 0 Å². The molecule has 0 unspecified atom stereocenters. The van der Waals surface area contributed by atoms with Gasteiger partial charge in [0.2, 0.25) is 0 Å². The van der Waals surface area contributed by atoms with E-state index in [0.717, 1.165) is 0 Å².